The van der Waals surface area contributed by atoms with Crippen LogP contribution in [0.15, 0.2) is 30.6 Å². The standard InChI is InChI=1S/C20H23N5OS/c1-3-15-11-16-18(27-15)17(19(26)25-9-4-5-10-25)24-20(23-16)22-13(2)14-7-6-8-21-12-14/h6-8,11-13H,3-5,9-10H2,1-2H3,(H,22,23,24)/t13-/m0/s1. The van der Waals surface area contributed by atoms with E-state index in [0.717, 1.165) is 48.1 Å². The number of hydrogen-bond donors (Lipinski definition) is 1. The van der Waals surface area contributed by atoms with Crippen molar-refractivity contribution in [2.45, 2.75) is 39.2 Å². The molecule has 1 fully saturated rings. The largest absolute Gasteiger partial charge is 0.348 e. The maximum Gasteiger partial charge on any atom is 0.274 e. The van der Waals surface area contributed by atoms with Crippen molar-refractivity contribution in [2.24, 2.45) is 0 Å². The Morgan fingerprint density at radius 2 is 2.15 bits per heavy atom. The van der Waals surface area contributed by atoms with Crippen molar-refractivity contribution in [1.29, 1.82) is 0 Å². The zero-order chi connectivity index (χ0) is 18.8. The molecule has 7 heteroatoms. The van der Waals surface area contributed by atoms with Crippen molar-refractivity contribution in [3.63, 3.8) is 0 Å². The van der Waals surface area contributed by atoms with Gasteiger partial charge >= 0.3 is 0 Å². The average Bonchev–Trinajstić information content (AvgIpc) is 3.37. The first-order valence-electron chi connectivity index (χ1n) is 9.42. The number of aryl methyl sites for hydroxylation is 1. The van der Waals surface area contributed by atoms with Crippen LogP contribution in [0.25, 0.3) is 10.2 Å². The molecule has 0 aromatic carbocycles. The van der Waals surface area contributed by atoms with Gasteiger partial charge in [-0.25, -0.2) is 9.97 Å². The van der Waals surface area contributed by atoms with Crippen LogP contribution in [0, 0.1) is 0 Å². The van der Waals surface area contributed by atoms with E-state index >= 15 is 0 Å². The van der Waals surface area contributed by atoms with Crippen molar-refractivity contribution in [3.05, 3.63) is 46.7 Å². The van der Waals surface area contributed by atoms with Crippen LogP contribution in [0.2, 0.25) is 0 Å². The first kappa shape index (κ1) is 17.9. The fraction of sp³-hybridized carbons (Fsp3) is 0.400. The summed E-state index contributed by atoms with van der Waals surface area (Å²) in [6.07, 6.45) is 6.63. The molecule has 0 unspecified atom stereocenters. The van der Waals surface area contributed by atoms with E-state index in [1.807, 2.05) is 30.2 Å². The van der Waals surface area contributed by atoms with Crippen LogP contribution >= 0.6 is 11.3 Å². The summed E-state index contributed by atoms with van der Waals surface area (Å²) in [5, 5.41) is 3.34. The van der Waals surface area contributed by atoms with E-state index in [4.69, 9.17) is 0 Å². The molecule has 1 amide bonds. The number of nitrogens with zero attached hydrogens (tertiary/aromatic N) is 4. The van der Waals surface area contributed by atoms with Crippen molar-refractivity contribution >= 4 is 33.4 Å². The highest BCUT2D eigenvalue weighted by Crippen LogP contribution is 2.30. The number of nitrogens with one attached hydrogen (secondary N) is 1. The third-order valence-electron chi connectivity index (χ3n) is 4.90. The maximum atomic E-state index is 13.1. The van der Waals surface area contributed by atoms with Gasteiger partial charge in [0.05, 0.1) is 16.3 Å². The lowest BCUT2D eigenvalue weighted by Crippen LogP contribution is -2.28. The molecule has 1 aliphatic rings. The minimum absolute atomic E-state index is 0.00447. The van der Waals surface area contributed by atoms with Gasteiger partial charge in [-0.15, -0.1) is 11.3 Å². The summed E-state index contributed by atoms with van der Waals surface area (Å²) in [4.78, 5) is 29.7. The van der Waals surface area contributed by atoms with Gasteiger partial charge in [0.2, 0.25) is 5.95 Å². The van der Waals surface area contributed by atoms with Crippen LogP contribution in [0.4, 0.5) is 5.95 Å². The molecule has 1 atom stereocenters. The Balaban J connectivity index is 1.71. The second kappa shape index (κ2) is 7.60. The number of amides is 1. The molecule has 0 aliphatic carbocycles. The zero-order valence-corrected chi connectivity index (χ0v) is 16.4. The second-order valence-electron chi connectivity index (χ2n) is 6.83. The number of thiophene rings is 1. The SMILES string of the molecule is CCc1cc2nc(N[C@@H](C)c3cccnc3)nc(C(=O)N3CCCC3)c2s1. The normalized spacial score (nSPS) is 15.3. The van der Waals surface area contributed by atoms with Gasteiger partial charge in [0, 0.05) is 30.4 Å². The van der Waals surface area contributed by atoms with Crippen LogP contribution in [-0.4, -0.2) is 38.8 Å². The monoisotopic (exact) mass is 381 g/mol. The number of rotatable bonds is 5. The number of aromatic nitrogens is 3. The summed E-state index contributed by atoms with van der Waals surface area (Å²) < 4.78 is 0.892. The number of carbonyl (C=O) groups excluding carboxylic acids is 1. The molecule has 1 aliphatic heterocycles. The first-order valence-corrected chi connectivity index (χ1v) is 10.2. The number of pyridine rings is 1. The molecule has 140 valence electrons. The summed E-state index contributed by atoms with van der Waals surface area (Å²) in [5.41, 5.74) is 2.41. The predicted molar refractivity (Wildman–Crippen MR) is 108 cm³/mol. The molecule has 0 spiro atoms. The zero-order valence-electron chi connectivity index (χ0n) is 15.6. The van der Waals surface area contributed by atoms with E-state index in [2.05, 4.69) is 33.3 Å². The van der Waals surface area contributed by atoms with Crippen LogP contribution in [0.5, 0.6) is 0 Å². The van der Waals surface area contributed by atoms with Crippen molar-refractivity contribution in [2.75, 3.05) is 18.4 Å². The van der Waals surface area contributed by atoms with Crippen molar-refractivity contribution in [1.82, 2.24) is 19.9 Å². The van der Waals surface area contributed by atoms with Gasteiger partial charge in [-0.05, 0) is 43.9 Å². The van der Waals surface area contributed by atoms with Crippen LogP contribution < -0.4 is 5.32 Å². The molecule has 27 heavy (non-hydrogen) atoms. The van der Waals surface area contributed by atoms with Crippen LogP contribution in [0.3, 0.4) is 0 Å². The van der Waals surface area contributed by atoms with Gasteiger partial charge in [-0.3, -0.25) is 9.78 Å². The lowest BCUT2D eigenvalue weighted by molar-refractivity contribution is 0.0789. The Morgan fingerprint density at radius 1 is 1.33 bits per heavy atom. The summed E-state index contributed by atoms with van der Waals surface area (Å²) in [6, 6.07) is 5.99. The molecule has 4 rings (SSSR count). The molecule has 1 N–H and O–H groups in total. The highest BCUT2D eigenvalue weighted by molar-refractivity contribution is 7.19. The molecule has 0 radical (unpaired) electrons. The quantitative estimate of drug-likeness (QED) is 0.722. The number of anilines is 1. The van der Waals surface area contributed by atoms with Gasteiger partial charge in [0.25, 0.3) is 5.91 Å². The van der Waals surface area contributed by atoms with Gasteiger partial charge in [-0.1, -0.05) is 13.0 Å². The predicted octanol–water partition coefficient (Wildman–Crippen LogP) is 4.06. The van der Waals surface area contributed by atoms with E-state index < -0.39 is 0 Å². The first-order chi connectivity index (χ1) is 13.2. The van der Waals surface area contributed by atoms with Gasteiger partial charge in [0.1, 0.15) is 0 Å². The smallest absolute Gasteiger partial charge is 0.274 e. The van der Waals surface area contributed by atoms with E-state index in [1.165, 1.54) is 4.88 Å². The molecule has 3 aromatic rings. The fourth-order valence-corrected chi connectivity index (χ4v) is 4.36. The van der Waals surface area contributed by atoms with Gasteiger partial charge in [-0.2, -0.15) is 0 Å². The third-order valence-corrected chi connectivity index (χ3v) is 6.17. The van der Waals surface area contributed by atoms with E-state index in [0.29, 0.717) is 11.6 Å². The fourth-order valence-electron chi connectivity index (χ4n) is 3.34. The molecule has 4 heterocycles. The number of likely N-dealkylation sites (tertiary alicyclic amines) is 1. The average molecular weight is 382 g/mol. The molecule has 0 bridgehead atoms. The molecule has 3 aromatic heterocycles. The summed E-state index contributed by atoms with van der Waals surface area (Å²) in [7, 11) is 0. The van der Waals surface area contributed by atoms with E-state index in [9.17, 15) is 4.79 Å². The summed E-state index contributed by atoms with van der Waals surface area (Å²) in [6.45, 7) is 5.78. The van der Waals surface area contributed by atoms with Crippen LogP contribution in [-0.2, 0) is 6.42 Å². The molecule has 0 saturated carbocycles. The molecule has 1 saturated heterocycles. The number of fused-ring (bicyclic) bond motifs is 1. The molecule has 6 nitrogen and oxygen atoms in total. The number of hydrogen-bond acceptors (Lipinski definition) is 6. The Morgan fingerprint density at radius 3 is 2.85 bits per heavy atom. The van der Waals surface area contributed by atoms with Gasteiger partial charge in [0.15, 0.2) is 5.69 Å². The molecular formula is C20H23N5OS. The van der Waals surface area contributed by atoms with Gasteiger partial charge < -0.3 is 10.2 Å². The summed E-state index contributed by atoms with van der Waals surface area (Å²) >= 11 is 1.62. The van der Waals surface area contributed by atoms with E-state index in [-0.39, 0.29) is 11.9 Å². The van der Waals surface area contributed by atoms with Crippen LogP contribution in [0.1, 0.15) is 53.7 Å². The highest BCUT2D eigenvalue weighted by atomic mass is 32.1. The highest BCUT2D eigenvalue weighted by Gasteiger charge is 2.25. The molecular weight excluding hydrogens is 358 g/mol. The van der Waals surface area contributed by atoms with Crippen molar-refractivity contribution < 1.29 is 4.79 Å². The van der Waals surface area contributed by atoms with E-state index in [1.54, 1.807) is 17.5 Å². The summed E-state index contributed by atoms with van der Waals surface area (Å²) in [5.74, 6) is 0.503. The Bertz CT molecular complexity index is 950. The Hall–Kier alpha value is -2.54. The lowest BCUT2D eigenvalue weighted by Gasteiger charge is -2.17. The number of carbonyl (C=O) groups is 1. The third kappa shape index (κ3) is 3.64. The Labute approximate surface area is 162 Å². The van der Waals surface area contributed by atoms with Crippen molar-refractivity contribution in [3.8, 4) is 0 Å². The minimum atomic E-state index is -0.00447. The topological polar surface area (TPSA) is 71.0 Å². The second-order valence-corrected chi connectivity index (χ2v) is 7.96. The maximum absolute atomic E-state index is 13.1. The lowest BCUT2D eigenvalue weighted by atomic mass is 10.1. The Kier molecular flexibility index (Phi) is 5.03. The minimum Gasteiger partial charge on any atom is -0.348 e.